The molecule has 19 heavy (non-hydrogen) atoms. The number of rotatable bonds is 6. The Balaban J connectivity index is 2.58. The lowest BCUT2D eigenvalue weighted by Crippen LogP contribution is -2.29. The van der Waals surface area contributed by atoms with E-state index < -0.39 is 0 Å². The lowest BCUT2D eigenvalue weighted by atomic mass is 10.1. The first-order chi connectivity index (χ1) is 9.08. The minimum absolute atomic E-state index is 0.128. The molecule has 0 aliphatic carbocycles. The smallest absolute Gasteiger partial charge is 0.307 e. The summed E-state index contributed by atoms with van der Waals surface area (Å²) in [6, 6.07) is 7.15. The molecule has 0 saturated heterocycles. The van der Waals surface area contributed by atoms with Crippen LogP contribution in [0.1, 0.15) is 29.3 Å². The third-order valence-electron chi connectivity index (χ3n) is 2.63. The van der Waals surface area contributed by atoms with Crippen LogP contribution in [-0.2, 0) is 15.4 Å². The van der Waals surface area contributed by atoms with Crippen molar-refractivity contribution in [3.63, 3.8) is 0 Å². The highest BCUT2D eigenvalue weighted by Gasteiger charge is 2.13. The van der Waals surface area contributed by atoms with Gasteiger partial charge in [0.2, 0.25) is 0 Å². The Labute approximate surface area is 118 Å². The van der Waals surface area contributed by atoms with E-state index in [-0.39, 0.29) is 18.3 Å². The molecule has 1 aromatic rings. The second kappa shape index (κ2) is 7.79. The Hall–Kier alpha value is -1.55. The zero-order valence-electron chi connectivity index (χ0n) is 11.2. The van der Waals surface area contributed by atoms with Gasteiger partial charge in [-0.2, -0.15) is 0 Å². The van der Waals surface area contributed by atoms with Gasteiger partial charge in [-0.25, -0.2) is 0 Å². The molecule has 0 aromatic heterocycles. The molecule has 1 rings (SSSR count). The monoisotopic (exact) mass is 283 g/mol. The number of amides is 1. The maximum atomic E-state index is 12.1. The molecule has 104 valence electrons. The SMILES string of the molecule is CCOC(=O)CCN(C)C(=O)c1cccc(CCl)c1. The molecule has 0 heterocycles. The third kappa shape index (κ3) is 4.91. The summed E-state index contributed by atoms with van der Waals surface area (Å²) in [4.78, 5) is 24.8. The van der Waals surface area contributed by atoms with Gasteiger partial charge < -0.3 is 9.64 Å². The molecular weight excluding hydrogens is 266 g/mol. The van der Waals surface area contributed by atoms with Crippen LogP contribution in [-0.4, -0.2) is 37.0 Å². The Morgan fingerprint density at radius 2 is 2.11 bits per heavy atom. The maximum Gasteiger partial charge on any atom is 0.307 e. The second-order valence-corrected chi connectivity index (χ2v) is 4.38. The van der Waals surface area contributed by atoms with E-state index in [9.17, 15) is 9.59 Å². The average molecular weight is 284 g/mol. The highest BCUT2D eigenvalue weighted by atomic mass is 35.5. The van der Waals surface area contributed by atoms with Gasteiger partial charge in [0, 0.05) is 25.0 Å². The highest BCUT2D eigenvalue weighted by molar-refractivity contribution is 6.17. The van der Waals surface area contributed by atoms with Crippen molar-refractivity contribution < 1.29 is 14.3 Å². The first-order valence-electron chi connectivity index (χ1n) is 6.14. The van der Waals surface area contributed by atoms with Crippen molar-refractivity contribution in [3.8, 4) is 0 Å². The van der Waals surface area contributed by atoms with Crippen molar-refractivity contribution >= 4 is 23.5 Å². The fourth-order valence-corrected chi connectivity index (χ4v) is 1.77. The van der Waals surface area contributed by atoms with Crippen LogP contribution in [0.15, 0.2) is 24.3 Å². The van der Waals surface area contributed by atoms with E-state index in [1.165, 1.54) is 4.90 Å². The summed E-state index contributed by atoms with van der Waals surface area (Å²) in [5, 5.41) is 0. The van der Waals surface area contributed by atoms with Gasteiger partial charge in [-0.15, -0.1) is 11.6 Å². The van der Waals surface area contributed by atoms with Crippen LogP contribution >= 0.6 is 11.6 Å². The van der Waals surface area contributed by atoms with Crippen LogP contribution in [0, 0.1) is 0 Å². The Morgan fingerprint density at radius 3 is 2.74 bits per heavy atom. The largest absolute Gasteiger partial charge is 0.466 e. The molecule has 0 unspecified atom stereocenters. The van der Waals surface area contributed by atoms with Crippen LogP contribution < -0.4 is 0 Å². The maximum absolute atomic E-state index is 12.1. The van der Waals surface area contributed by atoms with Gasteiger partial charge >= 0.3 is 5.97 Å². The van der Waals surface area contributed by atoms with Crippen molar-refractivity contribution in [1.29, 1.82) is 0 Å². The first kappa shape index (κ1) is 15.5. The summed E-state index contributed by atoms with van der Waals surface area (Å²) < 4.78 is 4.82. The van der Waals surface area contributed by atoms with E-state index >= 15 is 0 Å². The van der Waals surface area contributed by atoms with E-state index in [2.05, 4.69) is 0 Å². The van der Waals surface area contributed by atoms with Gasteiger partial charge in [0.05, 0.1) is 13.0 Å². The fourth-order valence-electron chi connectivity index (χ4n) is 1.60. The molecule has 0 saturated carbocycles. The summed E-state index contributed by atoms with van der Waals surface area (Å²) in [5.41, 5.74) is 1.47. The van der Waals surface area contributed by atoms with Gasteiger partial charge in [-0.3, -0.25) is 9.59 Å². The molecule has 1 amide bonds. The predicted octanol–water partition coefficient (Wildman–Crippen LogP) is 2.45. The quantitative estimate of drug-likeness (QED) is 0.595. The van der Waals surface area contributed by atoms with Crippen molar-refractivity contribution in [1.82, 2.24) is 4.90 Å². The zero-order valence-corrected chi connectivity index (χ0v) is 11.9. The van der Waals surface area contributed by atoms with Crippen molar-refractivity contribution in [2.24, 2.45) is 0 Å². The molecule has 0 aliphatic rings. The summed E-state index contributed by atoms with van der Waals surface area (Å²) in [6.07, 6.45) is 0.200. The molecule has 0 aliphatic heterocycles. The Morgan fingerprint density at radius 1 is 1.37 bits per heavy atom. The van der Waals surface area contributed by atoms with E-state index in [4.69, 9.17) is 16.3 Å². The molecule has 5 heteroatoms. The number of benzene rings is 1. The lowest BCUT2D eigenvalue weighted by Gasteiger charge is -2.17. The minimum atomic E-state index is -0.295. The van der Waals surface area contributed by atoms with Gasteiger partial charge in [-0.05, 0) is 24.6 Å². The van der Waals surface area contributed by atoms with E-state index in [1.807, 2.05) is 6.07 Å². The van der Waals surface area contributed by atoms with Gasteiger partial charge in [0.1, 0.15) is 0 Å². The summed E-state index contributed by atoms with van der Waals surface area (Å²) in [6.45, 7) is 2.45. The standard InChI is InChI=1S/C14H18ClNO3/c1-3-19-13(17)7-8-16(2)14(18)12-6-4-5-11(9-12)10-15/h4-6,9H,3,7-8,10H2,1-2H3. The number of ether oxygens (including phenoxy) is 1. The minimum Gasteiger partial charge on any atom is -0.466 e. The number of carbonyl (C=O) groups is 2. The fraction of sp³-hybridized carbons (Fsp3) is 0.429. The molecule has 0 N–H and O–H groups in total. The summed E-state index contributed by atoms with van der Waals surface area (Å²) >= 11 is 5.73. The Bertz CT molecular complexity index is 448. The van der Waals surface area contributed by atoms with Gasteiger partial charge in [0.15, 0.2) is 0 Å². The normalized spacial score (nSPS) is 10.1. The number of alkyl halides is 1. The van der Waals surface area contributed by atoms with Crippen LogP contribution in [0.4, 0.5) is 0 Å². The van der Waals surface area contributed by atoms with Gasteiger partial charge in [0.25, 0.3) is 5.91 Å². The topological polar surface area (TPSA) is 46.6 Å². The molecule has 0 spiro atoms. The van der Waals surface area contributed by atoms with Crippen molar-refractivity contribution in [2.45, 2.75) is 19.2 Å². The van der Waals surface area contributed by atoms with Crippen molar-refractivity contribution in [3.05, 3.63) is 35.4 Å². The zero-order chi connectivity index (χ0) is 14.3. The first-order valence-corrected chi connectivity index (χ1v) is 6.68. The third-order valence-corrected chi connectivity index (χ3v) is 2.94. The molecule has 4 nitrogen and oxygen atoms in total. The summed E-state index contributed by atoms with van der Waals surface area (Å²) in [7, 11) is 1.66. The molecule has 0 bridgehead atoms. The second-order valence-electron chi connectivity index (χ2n) is 4.12. The van der Waals surface area contributed by atoms with Crippen LogP contribution in [0.25, 0.3) is 0 Å². The average Bonchev–Trinajstić information content (AvgIpc) is 2.44. The number of hydrogen-bond donors (Lipinski definition) is 0. The lowest BCUT2D eigenvalue weighted by molar-refractivity contribution is -0.143. The van der Waals surface area contributed by atoms with Crippen molar-refractivity contribution in [2.75, 3.05) is 20.2 Å². The molecule has 0 fully saturated rings. The van der Waals surface area contributed by atoms with E-state index in [0.29, 0.717) is 24.6 Å². The number of esters is 1. The molecule has 1 aromatic carbocycles. The number of carbonyl (C=O) groups excluding carboxylic acids is 2. The molecular formula is C14H18ClNO3. The number of nitrogens with zero attached hydrogens (tertiary/aromatic N) is 1. The van der Waals surface area contributed by atoms with Crippen LogP contribution in [0.5, 0.6) is 0 Å². The van der Waals surface area contributed by atoms with E-state index in [1.54, 1.807) is 32.2 Å². The predicted molar refractivity (Wildman–Crippen MR) is 74.2 cm³/mol. The van der Waals surface area contributed by atoms with Crippen LogP contribution in [0.2, 0.25) is 0 Å². The Kier molecular flexibility index (Phi) is 6.36. The van der Waals surface area contributed by atoms with E-state index in [0.717, 1.165) is 5.56 Å². The van der Waals surface area contributed by atoms with Crippen LogP contribution in [0.3, 0.4) is 0 Å². The number of halogens is 1. The van der Waals surface area contributed by atoms with Gasteiger partial charge in [-0.1, -0.05) is 12.1 Å². The molecule has 0 atom stereocenters. The number of hydrogen-bond acceptors (Lipinski definition) is 3. The highest BCUT2D eigenvalue weighted by Crippen LogP contribution is 2.10. The molecule has 0 radical (unpaired) electrons. The summed E-state index contributed by atoms with van der Waals surface area (Å²) in [5.74, 6) is -0.0545.